The van der Waals surface area contributed by atoms with Gasteiger partial charge in [0.2, 0.25) is 0 Å². The normalized spacial score (nSPS) is 17.0. The van der Waals surface area contributed by atoms with Gasteiger partial charge in [0.1, 0.15) is 10.9 Å². The number of carbonyl (C=O) groups is 1. The lowest BCUT2D eigenvalue weighted by Crippen LogP contribution is -2.08. The molecule has 0 amide bonds. The van der Waals surface area contributed by atoms with Crippen molar-refractivity contribution in [3.8, 4) is 10.6 Å². The van der Waals surface area contributed by atoms with Crippen LogP contribution in [0.4, 0.5) is 0 Å². The number of rotatable bonds is 2. The number of thiazole rings is 1. The minimum atomic E-state index is -0.776. The summed E-state index contributed by atoms with van der Waals surface area (Å²) >= 11 is 1.60. The number of aryl methyl sites for hydroxylation is 1. The molecule has 0 fully saturated rings. The third-order valence-corrected chi connectivity index (χ3v) is 5.04. The van der Waals surface area contributed by atoms with Crippen molar-refractivity contribution in [2.75, 3.05) is 0 Å². The van der Waals surface area contributed by atoms with Crippen molar-refractivity contribution < 1.29 is 9.90 Å². The maximum Gasteiger partial charge on any atom is 0.312 e. The van der Waals surface area contributed by atoms with E-state index in [4.69, 9.17) is 0 Å². The largest absolute Gasteiger partial charge is 0.481 e. The molecule has 0 bridgehead atoms. The van der Waals surface area contributed by atoms with E-state index in [2.05, 4.69) is 9.97 Å². The number of hydrogen-bond acceptors (Lipinski definition) is 4. The molecule has 1 aliphatic carbocycles. The summed E-state index contributed by atoms with van der Waals surface area (Å²) in [5.41, 5.74) is 2.64. The fourth-order valence-corrected chi connectivity index (χ4v) is 4.02. The number of para-hydroxylation sites is 1. The van der Waals surface area contributed by atoms with E-state index in [-0.39, 0.29) is 0 Å². The first kappa shape index (κ1) is 12.5. The fraction of sp³-hybridized carbons (Fsp3) is 0.188. The van der Waals surface area contributed by atoms with Crippen molar-refractivity contribution in [2.24, 2.45) is 0 Å². The van der Waals surface area contributed by atoms with Gasteiger partial charge < -0.3 is 5.11 Å². The van der Waals surface area contributed by atoms with Crippen LogP contribution in [0.15, 0.2) is 36.5 Å². The number of carboxylic acid groups (broad SMARTS) is 1. The average Bonchev–Trinajstić information content (AvgIpc) is 3.06. The van der Waals surface area contributed by atoms with Gasteiger partial charge in [-0.2, -0.15) is 0 Å². The molecule has 21 heavy (non-hydrogen) atoms. The number of pyridine rings is 1. The van der Waals surface area contributed by atoms with Crippen LogP contribution in [0.1, 0.15) is 22.9 Å². The summed E-state index contributed by atoms with van der Waals surface area (Å²) in [5.74, 6) is -1.23. The molecule has 0 radical (unpaired) electrons. The first-order chi connectivity index (χ1) is 10.2. The molecule has 2 heterocycles. The van der Waals surface area contributed by atoms with Gasteiger partial charge in [-0.3, -0.25) is 9.78 Å². The zero-order valence-electron chi connectivity index (χ0n) is 11.1. The monoisotopic (exact) mass is 296 g/mol. The Morgan fingerprint density at radius 1 is 1.29 bits per heavy atom. The average molecular weight is 296 g/mol. The quantitative estimate of drug-likeness (QED) is 0.786. The Labute approximate surface area is 125 Å². The van der Waals surface area contributed by atoms with Crippen molar-refractivity contribution in [1.29, 1.82) is 0 Å². The number of fused-ring (bicyclic) bond motifs is 2. The summed E-state index contributed by atoms with van der Waals surface area (Å²) in [6.45, 7) is 0. The van der Waals surface area contributed by atoms with Gasteiger partial charge in [0.25, 0.3) is 0 Å². The van der Waals surface area contributed by atoms with E-state index in [1.54, 1.807) is 17.5 Å². The third kappa shape index (κ3) is 1.93. The molecule has 1 N–H and O–H groups in total. The van der Waals surface area contributed by atoms with Gasteiger partial charge in [0, 0.05) is 22.0 Å². The number of aromatic nitrogens is 2. The lowest BCUT2D eigenvalue weighted by atomic mass is 10.1. The minimum Gasteiger partial charge on any atom is -0.481 e. The van der Waals surface area contributed by atoms with E-state index in [0.29, 0.717) is 6.42 Å². The second-order valence-electron chi connectivity index (χ2n) is 5.14. The lowest BCUT2D eigenvalue weighted by molar-refractivity contribution is -0.138. The van der Waals surface area contributed by atoms with E-state index in [1.807, 2.05) is 30.3 Å². The van der Waals surface area contributed by atoms with Crippen molar-refractivity contribution >= 4 is 28.2 Å². The van der Waals surface area contributed by atoms with E-state index in [0.717, 1.165) is 38.5 Å². The van der Waals surface area contributed by atoms with Crippen LogP contribution in [-0.4, -0.2) is 21.0 Å². The SMILES string of the molecule is O=C(O)C1CCc2sc(-c3cccc4cccnc34)nc21. The second-order valence-corrected chi connectivity index (χ2v) is 6.22. The highest BCUT2D eigenvalue weighted by molar-refractivity contribution is 7.15. The molecule has 0 spiro atoms. The number of nitrogens with zero attached hydrogens (tertiary/aromatic N) is 2. The molecule has 2 aromatic heterocycles. The molecule has 1 aliphatic rings. The van der Waals surface area contributed by atoms with Gasteiger partial charge in [-0.1, -0.05) is 18.2 Å². The predicted molar refractivity (Wildman–Crippen MR) is 81.5 cm³/mol. The second kappa shape index (κ2) is 4.63. The topological polar surface area (TPSA) is 63.1 Å². The summed E-state index contributed by atoms with van der Waals surface area (Å²) in [7, 11) is 0. The zero-order valence-corrected chi connectivity index (χ0v) is 11.9. The molecule has 1 aromatic carbocycles. The Morgan fingerprint density at radius 3 is 3.00 bits per heavy atom. The lowest BCUT2D eigenvalue weighted by Gasteiger charge is -2.04. The van der Waals surface area contributed by atoms with E-state index in [9.17, 15) is 9.90 Å². The Bertz CT molecular complexity index is 851. The van der Waals surface area contributed by atoms with Crippen LogP contribution >= 0.6 is 11.3 Å². The minimum absolute atomic E-state index is 0.451. The van der Waals surface area contributed by atoms with Gasteiger partial charge in [-0.25, -0.2) is 4.98 Å². The van der Waals surface area contributed by atoms with Crippen LogP contribution in [-0.2, 0) is 11.2 Å². The number of hydrogen-bond donors (Lipinski definition) is 1. The van der Waals surface area contributed by atoms with Crippen LogP contribution in [0.5, 0.6) is 0 Å². The molecule has 0 saturated heterocycles. The van der Waals surface area contributed by atoms with E-state index < -0.39 is 11.9 Å². The molecule has 0 aliphatic heterocycles. The molecule has 1 unspecified atom stereocenters. The third-order valence-electron chi connectivity index (χ3n) is 3.88. The van der Waals surface area contributed by atoms with Gasteiger partial charge in [-0.05, 0) is 25.0 Å². The Balaban J connectivity index is 1.88. The highest BCUT2D eigenvalue weighted by Gasteiger charge is 2.32. The number of benzene rings is 1. The van der Waals surface area contributed by atoms with Crippen molar-refractivity contribution in [3.63, 3.8) is 0 Å². The van der Waals surface area contributed by atoms with Crippen LogP contribution in [0.3, 0.4) is 0 Å². The maximum absolute atomic E-state index is 11.3. The fourth-order valence-electron chi connectivity index (χ4n) is 2.86. The standard InChI is InChI=1S/C16H12N2O2S/c19-16(20)11-6-7-12-14(11)18-15(21-12)10-5-1-3-9-4-2-8-17-13(9)10/h1-5,8,11H,6-7H2,(H,19,20). The van der Waals surface area contributed by atoms with Crippen molar-refractivity contribution in [3.05, 3.63) is 47.1 Å². The summed E-state index contributed by atoms with van der Waals surface area (Å²) in [6.07, 6.45) is 3.24. The van der Waals surface area contributed by atoms with E-state index >= 15 is 0 Å². The molecule has 104 valence electrons. The Morgan fingerprint density at radius 2 is 2.14 bits per heavy atom. The molecule has 5 heteroatoms. The summed E-state index contributed by atoms with van der Waals surface area (Å²) < 4.78 is 0. The Kier molecular flexibility index (Phi) is 2.75. The smallest absolute Gasteiger partial charge is 0.312 e. The maximum atomic E-state index is 11.3. The summed E-state index contributed by atoms with van der Waals surface area (Å²) in [4.78, 5) is 21.4. The van der Waals surface area contributed by atoms with Gasteiger partial charge in [-0.15, -0.1) is 11.3 Å². The number of aliphatic carboxylic acids is 1. The summed E-state index contributed by atoms with van der Waals surface area (Å²) in [5, 5.41) is 11.2. The molecule has 1 atom stereocenters. The van der Waals surface area contributed by atoms with Crippen LogP contribution in [0, 0.1) is 0 Å². The highest BCUT2D eigenvalue weighted by Crippen LogP contribution is 2.40. The van der Waals surface area contributed by atoms with Crippen molar-refractivity contribution in [2.45, 2.75) is 18.8 Å². The first-order valence-corrected chi connectivity index (χ1v) is 7.62. The van der Waals surface area contributed by atoms with Gasteiger partial charge in [0.15, 0.2) is 0 Å². The number of carboxylic acids is 1. The van der Waals surface area contributed by atoms with Crippen LogP contribution in [0.2, 0.25) is 0 Å². The molecule has 0 saturated carbocycles. The van der Waals surface area contributed by atoms with Crippen LogP contribution < -0.4 is 0 Å². The van der Waals surface area contributed by atoms with E-state index in [1.165, 1.54) is 0 Å². The van der Waals surface area contributed by atoms with Gasteiger partial charge >= 0.3 is 5.97 Å². The Hall–Kier alpha value is -2.27. The molecule has 3 aromatic rings. The predicted octanol–water partition coefficient (Wildman–Crippen LogP) is 3.47. The van der Waals surface area contributed by atoms with Crippen molar-refractivity contribution in [1.82, 2.24) is 9.97 Å². The molecular weight excluding hydrogens is 284 g/mol. The van der Waals surface area contributed by atoms with Crippen LogP contribution in [0.25, 0.3) is 21.5 Å². The molecule has 4 rings (SSSR count). The zero-order chi connectivity index (χ0) is 14.4. The molecular formula is C16H12N2O2S. The first-order valence-electron chi connectivity index (χ1n) is 6.80. The molecule has 4 nitrogen and oxygen atoms in total. The highest BCUT2D eigenvalue weighted by atomic mass is 32.1. The van der Waals surface area contributed by atoms with Gasteiger partial charge in [0.05, 0.1) is 11.2 Å². The summed E-state index contributed by atoms with van der Waals surface area (Å²) in [6, 6.07) is 9.94.